The fourth-order valence-electron chi connectivity index (χ4n) is 4.02. The standard InChI is InChI=1S/C21H28ClN5O/c1-25(20-7-8-23-21(24-20)27-10-12-28-13-11-27)19-6-3-9-26(16-19)15-17-4-2-5-18(22)14-17/h2,4-5,7-8,14,19H,3,6,9-13,15-16H2,1H3. The lowest BCUT2D eigenvalue weighted by Gasteiger charge is -2.38. The lowest BCUT2D eigenvalue weighted by atomic mass is 10.0. The summed E-state index contributed by atoms with van der Waals surface area (Å²) < 4.78 is 5.44. The highest BCUT2D eigenvalue weighted by atomic mass is 35.5. The van der Waals surface area contributed by atoms with Crippen molar-refractivity contribution in [1.29, 1.82) is 0 Å². The molecule has 1 atom stereocenters. The van der Waals surface area contributed by atoms with Gasteiger partial charge in [0.15, 0.2) is 0 Å². The lowest BCUT2D eigenvalue weighted by Crippen LogP contribution is -2.46. The van der Waals surface area contributed by atoms with Gasteiger partial charge in [0.05, 0.1) is 13.2 Å². The number of likely N-dealkylation sites (tertiary alicyclic amines) is 1. The van der Waals surface area contributed by atoms with Crippen LogP contribution in [0.15, 0.2) is 36.5 Å². The average Bonchev–Trinajstić information content (AvgIpc) is 2.74. The summed E-state index contributed by atoms with van der Waals surface area (Å²) in [5, 5.41) is 0.805. The molecule has 1 aromatic heterocycles. The zero-order valence-electron chi connectivity index (χ0n) is 16.4. The van der Waals surface area contributed by atoms with E-state index < -0.39 is 0 Å². The lowest BCUT2D eigenvalue weighted by molar-refractivity contribution is 0.122. The van der Waals surface area contributed by atoms with Crippen LogP contribution in [0.4, 0.5) is 11.8 Å². The molecule has 2 aliphatic rings. The molecule has 6 nitrogen and oxygen atoms in total. The van der Waals surface area contributed by atoms with E-state index in [9.17, 15) is 0 Å². The highest BCUT2D eigenvalue weighted by Gasteiger charge is 2.25. The van der Waals surface area contributed by atoms with Gasteiger partial charge in [-0.2, -0.15) is 4.98 Å². The number of rotatable bonds is 5. The normalized spacial score (nSPS) is 20.9. The molecular formula is C21H28ClN5O. The monoisotopic (exact) mass is 401 g/mol. The van der Waals surface area contributed by atoms with E-state index in [-0.39, 0.29) is 0 Å². The second-order valence-corrected chi connectivity index (χ2v) is 8.02. The number of hydrogen-bond acceptors (Lipinski definition) is 6. The van der Waals surface area contributed by atoms with Gasteiger partial charge >= 0.3 is 0 Å². The Balaban J connectivity index is 1.41. The van der Waals surface area contributed by atoms with Gasteiger partial charge in [-0.3, -0.25) is 4.90 Å². The van der Waals surface area contributed by atoms with Gasteiger partial charge in [0.1, 0.15) is 5.82 Å². The summed E-state index contributed by atoms with van der Waals surface area (Å²) >= 11 is 6.15. The van der Waals surface area contributed by atoms with E-state index in [1.165, 1.54) is 18.4 Å². The second kappa shape index (κ2) is 9.07. The quantitative estimate of drug-likeness (QED) is 0.767. The van der Waals surface area contributed by atoms with Crippen molar-refractivity contribution in [1.82, 2.24) is 14.9 Å². The third-order valence-electron chi connectivity index (χ3n) is 5.61. The van der Waals surface area contributed by atoms with Crippen molar-refractivity contribution in [3.05, 3.63) is 47.1 Å². The maximum absolute atomic E-state index is 6.15. The number of piperidine rings is 1. The number of aromatic nitrogens is 2. The minimum Gasteiger partial charge on any atom is -0.378 e. The summed E-state index contributed by atoms with van der Waals surface area (Å²) in [6.07, 6.45) is 4.24. The molecule has 2 aromatic rings. The fourth-order valence-corrected chi connectivity index (χ4v) is 4.24. The number of hydrogen-bond donors (Lipinski definition) is 0. The first kappa shape index (κ1) is 19.4. The van der Waals surface area contributed by atoms with Crippen LogP contribution >= 0.6 is 11.6 Å². The molecule has 2 fully saturated rings. The molecule has 0 spiro atoms. The first-order chi connectivity index (χ1) is 13.7. The van der Waals surface area contributed by atoms with Crippen LogP contribution in [0.2, 0.25) is 5.02 Å². The third kappa shape index (κ3) is 4.74. The van der Waals surface area contributed by atoms with Crippen molar-refractivity contribution < 1.29 is 4.74 Å². The molecule has 0 saturated carbocycles. The fraction of sp³-hybridized carbons (Fsp3) is 0.524. The molecule has 2 aliphatic heterocycles. The minimum absolute atomic E-state index is 0.445. The second-order valence-electron chi connectivity index (χ2n) is 7.59. The molecule has 0 amide bonds. The smallest absolute Gasteiger partial charge is 0.227 e. The van der Waals surface area contributed by atoms with Crippen molar-refractivity contribution in [3.63, 3.8) is 0 Å². The minimum atomic E-state index is 0.445. The first-order valence-corrected chi connectivity index (χ1v) is 10.4. The molecular weight excluding hydrogens is 374 g/mol. The van der Waals surface area contributed by atoms with Crippen LogP contribution in [0.3, 0.4) is 0 Å². The molecule has 1 unspecified atom stereocenters. The van der Waals surface area contributed by atoms with Crippen LogP contribution in [0.1, 0.15) is 18.4 Å². The summed E-state index contributed by atoms with van der Waals surface area (Å²) in [7, 11) is 2.15. The van der Waals surface area contributed by atoms with Crippen molar-refractivity contribution >= 4 is 23.4 Å². The third-order valence-corrected chi connectivity index (χ3v) is 5.84. The van der Waals surface area contributed by atoms with Crippen LogP contribution in [0.25, 0.3) is 0 Å². The van der Waals surface area contributed by atoms with E-state index in [4.69, 9.17) is 21.3 Å². The Morgan fingerprint density at radius 3 is 2.89 bits per heavy atom. The molecule has 0 bridgehead atoms. The molecule has 150 valence electrons. The van der Waals surface area contributed by atoms with Crippen LogP contribution in [-0.4, -0.2) is 67.4 Å². The number of morpholine rings is 1. The summed E-state index contributed by atoms with van der Waals surface area (Å²) in [5.74, 6) is 1.80. The number of likely N-dealkylation sites (N-methyl/N-ethyl adjacent to an activating group) is 1. The maximum Gasteiger partial charge on any atom is 0.227 e. The van der Waals surface area contributed by atoms with Crippen molar-refractivity contribution in [3.8, 4) is 0 Å². The highest BCUT2D eigenvalue weighted by Crippen LogP contribution is 2.23. The van der Waals surface area contributed by atoms with Crippen LogP contribution in [-0.2, 0) is 11.3 Å². The molecule has 1 aromatic carbocycles. The van der Waals surface area contributed by atoms with E-state index >= 15 is 0 Å². The topological polar surface area (TPSA) is 44.7 Å². The summed E-state index contributed by atoms with van der Waals surface area (Å²) in [6.45, 7) is 6.27. The van der Waals surface area contributed by atoms with Gasteiger partial charge in [-0.15, -0.1) is 0 Å². The SMILES string of the molecule is CN(c1ccnc(N2CCOCC2)n1)C1CCCN(Cc2cccc(Cl)c2)C1. The zero-order valence-corrected chi connectivity index (χ0v) is 17.2. The zero-order chi connectivity index (χ0) is 19.3. The number of anilines is 2. The van der Waals surface area contributed by atoms with Gasteiger partial charge in [-0.05, 0) is 43.1 Å². The molecule has 0 aliphatic carbocycles. The Labute approximate surface area is 172 Å². The maximum atomic E-state index is 6.15. The largest absolute Gasteiger partial charge is 0.378 e. The number of nitrogens with zero attached hydrogens (tertiary/aromatic N) is 5. The van der Waals surface area contributed by atoms with Gasteiger partial charge < -0.3 is 14.5 Å². The Morgan fingerprint density at radius 1 is 1.21 bits per heavy atom. The van der Waals surface area contributed by atoms with E-state index in [2.05, 4.69) is 38.9 Å². The Morgan fingerprint density at radius 2 is 2.07 bits per heavy atom. The summed E-state index contributed by atoms with van der Waals surface area (Å²) in [6, 6.07) is 10.6. The summed E-state index contributed by atoms with van der Waals surface area (Å²) in [5.41, 5.74) is 1.27. The molecule has 0 radical (unpaired) electrons. The van der Waals surface area contributed by atoms with E-state index in [0.29, 0.717) is 6.04 Å². The Bertz CT molecular complexity index is 783. The molecule has 2 saturated heterocycles. The van der Waals surface area contributed by atoms with Gasteiger partial charge in [-0.25, -0.2) is 4.98 Å². The highest BCUT2D eigenvalue weighted by molar-refractivity contribution is 6.30. The van der Waals surface area contributed by atoms with Crippen molar-refractivity contribution in [2.75, 3.05) is 56.2 Å². The van der Waals surface area contributed by atoms with Gasteiger partial charge in [-0.1, -0.05) is 23.7 Å². The Kier molecular flexibility index (Phi) is 6.29. The molecule has 4 rings (SSSR count). The predicted molar refractivity (Wildman–Crippen MR) is 113 cm³/mol. The van der Waals surface area contributed by atoms with E-state index in [1.807, 2.05) is 24.4 Å². The van der Waals surface area contributed by atoms with Crippen molar-refractivity contribution in [2.24, 2.45) is 0 Å². The molecule has 28 heavy (non-hydrogen) atoms. The number of ether oxygens (including phenoxy) is 1. The van der Waals surface area contributed by atoms with Crippen LogP contribution in [0, 0.1) is 0 Å². The average molecular weight is 402 g/mol. The van der Waals surface area contributed by atoms with Gasteiger partial charge in [0.2, 0.25) is 5.95 Å². The Hall–Kier alpha value is -1.89. The van der Waals surface area contributed by atoms with E-state index in [0.717, 1.165) is 62.7 Å². The predicted octanol–water partition coefficient (Wildman–Crippen LogP) is 3.07. The van der Waals surface area contributed by atoms with E-state index in [1.54, 1.807) is 0 Å². The van der Waals surface area contributed by atoms with Crippen LogP contribution < -0.4 is 9.80 Å². The number of benzene rings is 1. The number of halogens is 1. The summed E-state index contributed by atoms with van der Waals surface area (Å²) in [4.78, 5) is 16.4. The molecule has 7 heteroatoms. The van der Waals surface area contributed by atoms with Crippen LogP contribution in [0.5, 0.6) is 0 Å². The molecule has 3 heterocycles. The van der Waals surface area contributed by atoms with Gasteiger partial charge in [0.25, 0.3) is 0 Å². The first-order valence-electron chi connectivity index (χ1n) is 10.0. The molecule has 0 N–H and O–H groups in total. The van der Waals surface area contributed by atoms with Crippen molar-refractivity contribution in [2.45, 2.75) is 25.4 Å². The van der Waals surface area contributed by atoms with Gasteiger partial charge in [0, 0.05) is 50.5 Å².